The molecule has 3 heterocycles. The largest absolute Gasteiger partial charge is 0.388 e. The lowest BCUT2D eigenvalue weighted by Gasteiger charge is -2.39. The topological polar surface area (TPSA) is 136 Å². The minimum Gasteiger partial charge on any atom is -0.388 e. The molecule has 4 aromatic rings. The van der Waals surface area contributed by atoms with Crippen molar-refractivity contribution in [2.45, 2.75) is 103 Å². The van der Waals surface area contributed by atoms with Gasteiger partial charge < -0.3 is 14.9 Å². The maximum absolute atomic E-state index is 16.0. The van der Waals surface area contributed by atoms with Gasteiger partial charge in [-0.05, 0) is 82.6 Å². The number of aliphatic hydroxyl groups excluding tert-OH is 1. The molecule has 1 fully saturated rings. The van der Waals surface area contributed by atoms with Crippen molar-refractivity contribution in [3.8, 4) is 11.1 Å². The fourth-order valence-electron chi connectivity index (χ4n) is 6.58. The molecule has 0 spiro atoms. The maximum Gasteiger partial charge on any atom is 0.280 e. The van der Waals surface area contributed by atoms with Gasteiger partial charge in [0.05, 0.1) is 23.5 Å². The number of amidine groups is 1. The number of nitrogens with zero attached hydrogens (tertiary/aromatic N) is 5. The van der Waals surface area contributed by atoms with Crippen LogP contribution in [0, 0.1) is 12.7 Å². The number of rotatable bonds is 10. The molecule has 0 saturated heterocycles. The van der Waals surface area contributed by atoms with Crippen molar-refractivity contribution >= 4 is 11.6 Å². The second kappa shape index (κ2) is 12.9. The van der Waals surface area contributed by atoms with Crippen LogP contribution in [-0.4, -0.2) is 59.4 Å². The highest BCUT2D eigenvalue weighted by Gasteiger charge is 2.36. The molecule has 250 valence electrons. The third-order valence-corrected chi connectivity index (χ3v) is 9.05. The Morgan fingerprint density at radius 2 is 1.89 bits per heavy atom. The fourth-order valence-corrected chi connectivity index (χ4v) is 6.58. The summed E-state index contributed by atoms with van der Waals surface area (Å²) in [4.78, 5) is 28.2. The lowest BCUT2D eigenvalue weighted by molar-refractivity contribution is -0.117. The first kappa shape index (κ1) is 33.0. The molecule has 1 atom stereocenters. The quantitative estimate of drug-likeness (QED) is 0.224. The number of ether oxygens (including phenoxy) is 1. The van der Waals surface area contributed by atoms with E-state index in [1.54, 1.807) is 29.0 Å². The molecular formula is C35H43FN6O5. The van der Waals surface area contributed by atoms with Crippen LogP contribution in [0.3, 0.4) is 0 Å². The molecule has 12 heteroatoms. The van der Waals surface area contributed by atoms with E-state index in [4.69, 9.17) is 19.7 Å². The van der Waals surface area contributed by atoms with E-state index >= 15 is 4.39 Å². The minimum absolute atomic E-state index is 0.101. The third-order valence-electron chi connectivity index (χ3n) is 9.05. The van der Waals surface area contributed by atoms with Crippen molar-refractivity contribution in [3.63, 3.8) is 0 Å². The first-order valence-corrected chi connectivity index (χ1v) is 16.3. The fraction of sp³-hybridized carbons (Fsp3) is 0.486. The molecule has 3 N–H and O–H groups in total. The highest BCUT2D eigenvalue weighted by atomic mass is 19.1. The lowest BCUT2D eigenvalue weighted by Crippen LogP contribution is -2.41. The summed E-state index contributed by atoms with van der Waals surface area (Å²) >= 11 is 0. The van der Waals surface area contributed by atoms with Gasteiger partial charge in [-0.3, -0.25) is 9.36 Å². The number of halogens is 1. The van der Waals surface area contributed by atoms with Crippen molar-refractivity contribution < 1.29 is 24.2 Å². The van der Waals surface area contributed by atoms with Crippen LogP contribution in [0.5, 0.6) is 0 Å². The molecule has 47 heavy (non-hydrogen) atoms. The number of hydroxylamine groups is 1. The van der Waals surface area contributed by atoms with Gasteiger partial charge in [0.15, 0.2) is 5.84 Å². The standard InChI is InChI=1S/C35H43FN6O5/c1-6-9-29-27(18-23-13-12-22(19-28(23)36)25-10-7-8-11-26(25)30-38-33(44)47-40-30)31(43)41(32-37-21(2)39-42(29)32)24-14-16-35(5,17-15-24)46-20-34(3,4)45/h7-8,10-13,19,24,33,44-45H,6,9,14-18,20H2,1-5H3,(H,38,40). The zero-order valence-electron chi connectivity index (χ0n) is 27.6. The van der Waals surface area contributed by atoms with E-state index in [0.29, 0.717) is 64.5 Å². The maximum atomic E-state index is 16.0. The number of aliphatic hydroxyl groups is 2. The van der Waals surface area contributed by atoms with Crippen molar-refractivity contribution in [2.75, 3.05) is 6.61 Å². The summed E-state index contributed by atoms with van der Waals surface area (Å²) in [5.41, 5.74) is 4.77. The summed E-state index contributed by atoms with van der Waals surface area (Å²) in [5.74, 6) is 0.993. The van der Waals surface area contributed by atoms with E-state index in [0.717, 1.165) is 25.0 Å². The number of nitrogens with one attached hydrogen (secondary N) is 1. The molecule has 1 aliphatic carbocycles. The van der Waals surface area contributed by atoms with Crippen molar-refractivity contribution in [1.29, 1.82) is 0 Å². The number of aryl methyl sites for hydroxylation is 2. The van der Waals surface area contributed by atoms with Crippen molar-refractivity contribution in [3.05, 3.63) is 86.8 Å². The van der Waals surface area contributed by atoms with Crippen LogP contribution >= 0.6 is 0 Å². The van der Waals surface area contributed by atoms with E-state index in [1.165, 1.54) is 6.07 Å². The zero-order valence-corrected chi connectivity index (χ0v) is 27.6. The second-order valence-electron chi connectivity index (χ2n) is 13.6. The third kappa shape index (κ3) is 6.87. The molecule has 0 bridgehead atoms. The van der Waals surface area contributed by atoms with Crippen LogP contribution in [0.1, 0.15) is 94.0 Å². The van der Waals surface area contributed by atoms with E-state index in [9.17, 15) is 15.0 Å². The Morgan fingerprint density at radius 3 is 2.53 bits per heavy atom. The summed E-state index contributed by atoms with van der Waals surface area (Å²) in [6, 6.07) is 12.2. The first-order valence-electron chi connectivity index (χ1n) is 16.3. The van der Waals surface area contributed by atoms with Gasteiger partial charge in [0, 0.05) is 23.6 Å². The van der Waals surface area contributed by atoms with Crippen LogP contribution in [0.2, 0.25) is 0 Å². The van der Waals surface area contributed by atoms with Gasteiger partial charge in [0.1, 0.15) is 11.6 Å². The van der Waals surface area contributed by atoms with E-state index in [1.807, 2.05) is 44.2 Å². The van der Waals surface area contributed by atoms with Crippen LogP contribution < -0.4 is 11.0 Å². The van der Waals surface area contributed by atoms with Crippen LogP contribution in [0.25, 0.3) is 16.9 Å². The van der Waals surface area contributed by atoms with E-state index < -0.39 is 23.4 Å². The molecule has 1 saturated carbocycles. The van der Waals surface area contributed by atoms with Gasteiger partial charge in [0.2, 0.25) is 5.78 Å². The van der Waals surface area contributed by atoms with Crippen LogP contribution in [0.4, 0.5) is 4.39 Å². The SMILES string of the molecule is CCCc1c(Cc2ccc(-c3ccccc3C3=NC(O)ON3)cc2F)c(=O)n(C2CCC(C)(OCC(C)(C)O)CC2)c2nc(C)nn12. The summed E-state index contributed by atoms with van der Waals surface area (Å²) in [6.45, 7) is 9.60. The number of aliphatic imine (C=N–C) groups is 1. The van der Waals surface area contributed by atoms with Gasteiger partial charge >= 0.3 is 0 Å². The molecule has 0 radical (unpaired) electrons. The molecule has 1 unspecified atom stereocenters. The Labute approximate surface area is 273 Å². The summed E-state index contributed by atoms with van der Waals surface area (Å²) < 4.78 is 25.7. The zero-order chi connectivity index (χ0) is 33.5. The van der Waals surface area contributed by atoms with Crippen LogP contribution in [0.15, 0.2) is 52.3 Å². The van der Waals surface area contributed by atoms with Gasteiger partial charge in [0.25, 0.3) is 12.0 Å². The number of hydrogen-bond donors (Lipinski definition) is 3. The van der Waals surface area contributed by atoms with E-state index in [2.05, 4.69) is 17.4 Å². The molecule has 2 aliphatic rings. The molecule has 6 rings (SSSR count). The average molecular weight is 647 g/mol. The normalized spacial score (nSPS) is 21.7. The summed E-state index contributed by atoms with van der Waals surface area (Å²) in [7, 11) is 0. The molecular weight excluding hydrogens is 603 g/mol. The number of benzene rings is 2. The predicted octanol–water partition coefficient (Wildman–Crippen LogP) is 4.77. The first-order chi connectivity index (χ1) is 22.4. The van der Waals surface area contributed by atoms with Crippen molar-refractivity contribution in [2.24, 2.45) is 4.99 Å². The molecule has 2 aromatic carbocycles. The van der Waals surface area contributed by atoms with Gasteiger partial charge in [-0.1, -0.05) is 49.7 Å². The summed E-state index contributed by atoms with van der Waals surface area (Å²) in [5, 5.41) is 24.6. The highest BCUT2D eigenvalue weighted by Crippen LogP contribution is 2.38. The molecule has 1 aliphatic heterocycles. The Bertz CT molecular complexity index is 1870. The van der Waals surface area contributed by atoms with Crippen molar-refractivity contribution in [1.82, 2.24) is 24.6 Å². The Kier molecular flexibility index (Phi) is 9.05. The Morgan fingerprint density at radius 1 is 1.17 bits per heavy atom. The van der Waals surface area contributed by atoms with Crippen LogP contribution in [-0.2, 0) is 22.4 Å². The van der Waals surface area contributed by atoms with Gasteiger partial charge in [-0.2, -0.15) is 10.1 Å². The highest BCUT2D eigenvalue weighted by molar-refractivity contribution is 6.04. The van der Waals surface area contributed by atoms with Gasteiger partial charge in [-0.15, -0.1) is 0 Å². The molecule has 11 nitrogen and oxygen atoms in total. The lowest BCUT2D eigenvalue weighted by atomic mass is 9.83. The number of fused-ring (bicyclic) bond motifs is 1. The molecule has 2 aromatic heterocycles. The monoisotopic (exact) mass is 646 g/mol. The number of hydrogen-bond acceptors (Lipinski definition) is 9. The molecule has 0 amide bonds. The predicted molar refractivity (Wildman–Crippen MR) is 176 cm³/mol. The minimum atomic E-state index is -1.31. The van der Waals surface area contributed by atoms with Gasteiger partial charge in [-0.25, -0.2) is 24.2 Å². The Balaban J connectivity index is 1.35. The number of aromatic nitrogens is 4. The average Bonchev–Trinajstić information content (AvgIpc) is 3.64. The summed E-state index contributed by atoms with van der Waals surface area (Å²) in [6.07, 6.45) is 2.99. The second-order valence-corrected chi connectivity index (χ2v) is 13.6. The Hall–Kier alpha value is -3.97. The smallest absolute Gasteiger partial charge is 0.280 e. The van der Waals surface area contributed by atoms with E-state index in [-0.39, 0.29) is 24.6 Å².